The number of piperidine rings is 1. The lowest BCUT2D eigenvalue weighted by molar-refractivity contribution is -0.384. The molecule has 6 nitrogen and oxygen atoms in total. The van der Waals surface area contributed by atoms with Crippen LogP contribution in [0.3, 0.4) is 0 Å². The van der Waals surface area contributed by atoms with E-state index in [0.29, 0.717) is 0 Å². The highest BCUT2D eigenvalue weighted by Crippen LogP contribution is 2.27. The molecule has 20 heavy (non-hydrogen) atoms. The number of nitro groups is 1. The maximum absolute atomic E-state index is 12.2. The molecule has 7 heteroatoms. The van der Waals surface area contributed by atoms with E-state index in [1.165, 1.54) is 18.2 Å². The first-order valence-corrected chi connectivity index (χ1v) is 6.85. The largest absolute Gasteiger partial charge is 0.323 e. The fraction of sp³-hybridized carbons (Fsp3) is 0.462. The van der Waals surface area contributed by atoms with Crippen molar-refractivity contribution in [1.82, 2.24) is 5.32 Å². The summed E-state index contributed by atoms with van der Waals surface area (Å²) >= 11 is 5.96. The third kappa shape index (κ3) is 3.26. The van der Waals surface area contributed by atoms with Gasteiger partial charge >= 0.3 is 0 Å². The van der Waals surface area contributed by atoms with E-state index >= 15 is 0 Å². The Morgan fingerprint density at radius 2 is 2.30 bits per heavy atom. The van der Waals surface area contributed by atoms with Gasteiger partial charge in [-0.2, -0.15) is 0 Å². The van der Waals surface area contributed by atoms with E-state index < -0.39 is 4.92 Å². The van der Waals surface area contributed by atoms with Gasteiger partial charge in [-0.05, 0) is 31.4 Å². The summed E-state index contributed by atoms with van der Waals surface area (Å²) in [4.78, 5) is 22.4. The van der Waals surface area contributed by atoms with Gasteiger partial charge in [0.15, 0.2) is 0 Å². The minimum Gasteiger partial charge on any atom is -0.323 e. The average Bonchev–Trinajstić information content (AvgIpc) is 2.41. The van der Waals surface area contributed by atoms with E-state index in [0.717, 1.165) is 19.4 Å². The first kappa shape index (κ1) is 14.7. The molecule has 2 atom stereocenters. The Balaban J connectivity index is 2.14. The molecule has 1 fully saturated rings. The molecule has 108 valence electrons. The SMILES string of the molecule is CC1CCCNC1C(=O)Nc1cc([N+](=O)[O-])ccc1Cl. The smallest absolute Gasteiger partial charge is 0.271 e. The number of nitrogens with one attached hydrogen (secondary N) is 2. The maximum atomic E-state index is 12.2. The van der Waals surface area contributed by atoms with Crippen molar-refractivity contribution in [1.29, 1.82) is 0 Å². The number of rotatable bonds is 3. The molecule has 0 aliphatic carbocycles. The molecular formula is C13H16ClN3O3. The number of nitro benzene ring substituents is 1. The number of benzene rings is 1. The summed E-state index contributed by atoms with van der Waals surface area (Å²) in [7, 11) is 0. The predicted molar refractivity (Wildman–Crippen MR) is 76.9 cm³/mol. The van der Waals surface area contributed by atoms with Crippen molar-refractivity contribution < 1.29 is 9.72 Å². The Morgan fingerprint density at radius 3 is 2.95 bits per heavy atom. The highest BCUT2D eigenvalue weighted by molar-refractivity contribution is 6.33. The van der Waals surface area contributed by atoms with Gasteiger partial charge < -0.3 is 10.6 Å². The Morgan fingerprint density at radius 1 is 1.55 bits per heavy atom. The third-order valence-corrected chi connectivity index (χ3v) is 3.80. The van der Waals surface area contributed by atoms with Crippen LogP contribution in [0.2, 0.25) is 5.02 Å². The number of carbonyl (C=O) groups is 1. The summed E-state index contributed by atoms with van der Waals surface area (Å²) in [5, 5.41) is 16.9. The maximum Gasteiger partial charge on any atom is 0.271 e. The molecule has 1 aliphatic heterocycles. The van der Waals surface area contributed by atoms with E-state index in [9.17, 15) is 14.9 Å². The van der Waals surface area contributed by atoms with Gasteiger partial charge in [0.25, 0.3) is 5.69 Å². The number of anilines is 1. The van der Waals surface area contributed by atoms with Crippen LogP contribution in [0.15, 0.2) is 18.2 Å². The molecule has 1 aliphatic rings. The van der Waals surface area contributed by atoms with Crippen LogP contribution >= 0.6 is 11.6 Å². The standard InChI is InChI=1S/C13H16ClN3O3/c1-8-3-2-6-15-12(8)13(18)16-11-7-9(17(19)20)4-5-10(11)14/h4-5,7-8,12,15H,2-3,6H2,1H3,(H,16,18). The van der Waals surface area contributed by atoms with Gasteiger partial charge in [0.2, 0.25) is 5.91 Å². The number of non-ortho nitro benzene ring substituents is 1. The molecule has 0 bridgehead atoms. The molecule has 1 amide bonds. The topological polar surface area (TPSA) is 84.3 Å². The average molecular weight is 298 g/mol. The first-order chi connectivity index (χ1) is 9.49. The first-order valence-electron chi connectivity index (χ1n) is 6.47. The van der Waals surface area contributed by atoms with Crippen LogP contribution in [0.1, 0.15) is 19.8 Å². The Kier molecular flexibility index (Phi) is 4.57. The lowest BCUT2D eigenvalue weighted by Gasteiger charge is -2.29. The second-order valence-electron chi connectivity index (χ2n) is 4.96. The van der Waals surface area contributed by atoms with E-state index in [4.69, 9.17) is 11.6 Å². The van der Waals surface area contributed by atoms with Crippen molar-refractivity contribution >= 4 is 28.9 Å². The number of nitrogens with zero attached hydrogens (tertiary/aromatic N) is 1. The monoisotopic (exact) mass is 297 g/mol. The quantitative estimate of drug-likeness (QED) is 0.663. The van der Waals surface area contributed by atoms with Crippen LogP contribution in [0.5, 0.6) is 0 Å². The van der Waals surface area contributed by atoms with Crippen molar-refractivity contribution in [2.24, 2.45) is 5.92 Å². The highest BCUT2D eigenvalue weighted by atomic mass is 35.5. The van der Waals surface area contributed by atoms with Crippen LogP contribution in [0.25, 0.3) is 0 Å². The van der Waals surface area contributed by atoms with Gasteiger partial charge in [-0.25, -0.2) is 0 Å². The van der Waals surface area contributed by atoms with E-state index in [1.807, 2.05) is 6.92 Å². The molecule has 0 spiro atoms. The highest BCUT2D eigenvalue weighted by Gasteiger charge is 2.28. The zero-order valence-electron chi connectivity index (χ0n) is 11.1. The predicted octanol–water partition coefficient (Wildman–Crippen LogP) is 2.57. The Hall–Kier alpha value is -1.66. The van der Waals surface area contributed by atoms with Crippen LogP contribution in [0, 0.1) is 16.0 Å². The molecule has 1 saturated heterocycles. The number of carbonyl (C=O) groups excluding carboxylic acids is 1. The summed E-state index contributed by atoms with van der Waals surface area (Å²) in [5.74, 6) is 0.0146. The molecule has 1 aromatic carbocycles. The van der Waals surface area contributed by atoms with E-state index in [2.05, 4.69) is 10.6 Å². The lowest BCUT2D eigenvalue weighted by Crippen LogP contribution is -2.48. The van der Waals surface area contributed by atoms with Crippen molar-refractivity contribution in [3.8, 4) is 0 Å². The Labute approximate surface area is 121 Å². The number of halogens is 1. The summed E-state index contributed by atoms with van der Waals surface area (Å²) in [6.07, 6.45) is 2.02. The minimum atomic E-state index is -0.520. The summed E-state index contributed by atoms with van der Waals surface area (Å²) in [5.41, 5.74) is 0.166. The van der Waals surface area contributed by atoms with Gasteiger partial charge in [-0.3, -0.25) is 14.9 Å². The summed E-state index contributed by atoms with van der Waals surface area (Å²) < 4.78 is 0. The molecule has 2 N–H and O–H groups in total. The van der Waals surface area contributed by atoms with Gasteiger partial charge in [0.05, 0.1) is 21.7 Å². The molecule has 0 aromatic heterocycles. The number of hydrogen-bond acceptors (Lipinski definition) is 4. The fourth-order valence-electron chi connectivity index (χ4n) is 2.33. The van der Waals surface area contributed by atoms with E-state index in [1.54, 1.807) is 0 Å². The molecular weight excluding hydrogens is 282 g/mol. The van der Waals surface area contributed by atoms with Crippen molar-refractivity contribution in [3.05, 3.63) is 33.3 Å². The molecule has 2 rings (SSSR count). The molecule has 0 saturated carbocycles. The molecule has 1 aromatic rings. The van der Waals surface area contributed by atoms with Crippen molar-refractivity contribution in [2.45, 2.75) is 25.8 Å². The van der Waals surface area contributed by atoms with Crippen molar-refractivity contribution in [2.75, 3.05) is 11.9 Å². The van der Waals surface area contributed by atoms with Crippen LogP contribution in [-0.2, 0) is 4.79 Å². The van der Waals surface area contributed by atoms with Crippen LogP contribution in [0.4, 0.5) is 11.4 Å². The zero-order chi connectivity index (χ0) is 14.7. The minimum absolute atomic E-state index is 0.102. The molecule has 2 unspecified atom stereocenters. The fourth-order valence-corrected chi connectivity index (χ4v) is 2.50. The zero-order valence-corrected chi connectivity index (χ0v) is 11.8. The van der Waals surface area contributed by atoms with Crippen LogP contribution in [-0.4, -0.2) is 23.4 Å². The van der Waals surface area contributed by atoms with Crippen molar-refractivity contribution in [3.63, 3.8) is 0 Å². The molecule has 0 radical (unpaired) electrons. The van der Waals surface area contributed by atoms with Gasteiger partial charge in [0.1, 0.15) is 0 Å². The van der Waals surface area contributed by atoms with E-state index in [-0.39, 0.29) is 34.3 Å². The second kappa shape index (κ2) is 6.19. The normalized spacial score (nSPS) is 22.3. The summed E-state index contributed by atoms with van der Waals surface area (Å²) in [6.45, 7) is 2.80. The number of amides is 1. The van der Waals surface area contributed by atoms with Crippen LogP contribution < -0.4 is 10.6 Å². The second-order valence-corrected chi connectivity index (χ2v) is 5.37. The number of hydrogen-bond donors (Lipinski definition) is 2. The third-order valence-electron chi connectivity index (χ3n) is 3.47. The van der Waals surface area contributed by atoms with Gasteiger partial charge in [-0.15, -0.1) is 0 Å². The molecule has 1 heterocycles. The summed E-state index contributed by atoms with van der Waals surface area (Å²) in [6, 6.07) is 3.69. The van der Waals surface area contributed by atoms with Gasteiger partial charge in [-0.1, -0.05) is 18.5 Å². The van der Waals surface area contributed by atoms with Gasteiger partial charge in [0, 0.05) is 12.1 Å². The Bertz CT molecular complexity index is 536. The lowest BCUT2D eigenvalue weighted by atomic mass is 9.92.